The van der Waals surface area contributed by atoms with E-state index in [9.17, 15) is 0 Å². The second-order valence-corrected chi connectivity index (χ2v) is 4.52. The smallest absolute Gasteiger partial charge is 0.120 e. The molecule has 1 aromatic carbocycles. The van der Waals surface area contributed by atoms with Gasteiger partial charge < -0.3 is 4.74 Å². The van der Waals surface area contributed by atoms with Crippen LogP contribution in [-0.4, -0.2) is 7.11 Å². The second-order valence-electron chi connectivity index (χ2n) is 3.14. The number of hydrogen-bond donors (Lipinski definition) is 0. The molecule has 0 fully saturated rings. The molecule has 3 heteroatoms. The molecule has 1 aromatic rings. The van der Waals surface area contributed by atoms with Crippen molar-refractivity contribution in [3.8, 4) is 5.75 Å². The van der Waals surface area contributed by atoms with Crippen molar-refractivity contribution in [1.82, 2.24) is 0 Å². The lowest BCUT2D eigenvalue weighted by atomic mass is 10.1. The van der Waals surface area contributed by atoms with Crippen LogP contribution in [0, 0.1) is 0 Å². The Morgan fingerprint density at radius 3 is 2.71 bits per heavy atom. The zero-order chi connectivity index (χ0) is 10.6. The molecule has 0 radical (unpaired) electrons. The fourth-order valence-corrected chi connectivity index (χ4v) is 2.47. The van der Waals surface area contributed by atoms with Crippen LogP contribution in [-0.2, 0) is 0 Å². The number of methoxy groups -OCH3 is 1. The van der Waals surface area contributed by atoms with E-state index in [1.165, 1.54) is 0 Å². The molecule has 14 heavy (non-hydrogen) atoms. The lowest BCUT2D eigenvalue weighted by Crippen LogP contribution is -1.92. The van der Waals surface area contributed by atoms with E-state index < -0.39 is 0 Å². The third-order valence-corrected chi connectivity index (χ3v) is 3.23. The summed E-state index contributed by atoms with van der Waals surface area (Å²) in [4.78, 5) is 0. The number of halogens is 2. The fraction of sp³-hybridized carbons (Fsp3) is 0.455. The van der Waals surface area contributed by atoms with Crippen molar-refractivity contribution in [2.45, 2.75) is 25.1 Å². The van der Waals surface area contributed by atoms with E-state index in [0.29, 0.717) is 0 Å². The lowest BCUT2D eigenvalue weighted by Gasteiger charge is -2.11. The van der Waals surface area contributed by atoms with Crippen molar-refractivity contribution in [1.29, 1.82) is 0 Å². The van der Waals surface area contributed by atoms with E-state index >= 15 is 0 Å². The third-order valence-electron chi connectivity index (χ3n) is 2.09. The van der Waals surface area contributed by atoms with Crippen LogP contribution in [0.15, 0.2) is 22.7 Å². The highest BCUT2D eigenvalue weighted by molar-refractivity contribution is 9.10. The predicted molar refractivity (Wildman–Crippen MR) is 64.2 cm³/mol. The van der Waals surface area contributed by atoms with Crippen LogP contribution in [0.25, 0.3) is 0 Å². The van der Waals surface area contributed by atoms with E-state index in [2.05, 4.69) is 22.9 Å². The first-order chi connectivity index (χ1) is 6.69. The summed E-state index contributed by atoms with van der Waals surface area (Å²) in [5.74, 6) is 0.848. The van der Waals surface area contributed by atoms with Crippen LogP contribution in [0.4, 0.5) is 0 Å². The van der Waals surface area contributed by atoms with Crippen LogP contribution < -0.4 is 4.74 Å². The van der Waals surface area contributed by atoms with Gasteiger partial charge in [-0.3, -0.25) is 0 Å². The Bertz CT molecular complexity index is 301. The zero-order valence-corrected chi connectivity index (χ0v) is 10.7. The summed E-state index contributed by atoms with van der Waals surface area (Å²) in [6, 6.07) is 5.89. The molecule has 0 saturated carbocycles. The zero-order valence-electron chi connectivity index (χ0n) is 8.39. The molecular formula is C11H14BrClO. The minimum absolute atomic E-state index is 0.0836. The van der Waals surface area contributed by atoms with Gasteiger partial charge in [-0.25, -0.2) is 0 Å². The van der Waals surface area contributed by atoms with Crippen molar-refractivity contribution in [2.24, 2.45) is 0 Å². The van der Waals surface area contributed by atoms with Gasteiger partial charge in [0, 0.05) is 4.47 Å². The van der Waals surface area contributed by atoms with Gasteiger partial charge in [-0.05, 0) is 24.1 Å². The SMILES string of the molecule is CCCC(Cl)c1ccc(OC)cc1Br. The summed E-state index contributed by atoms with van der Waals surface area (Å²) in [5, 5.41) is 0.0836. The van der Waals surface area contributed by atoms with Crippen LogP contribution in [0.3, 0.4) is 0 Å². The Balaban J connectivity index is 2.88. The molecule has 1 nitrogen and oxygen atoms in total. The summed E-state index contributed by atoms with van der Waals surface area (Å²) >= 11 is 9.73. The van der Waals surface area contributed by atoms with Crippen molar-refractivity contribution >= 4 is 27.5 Å². The molecule has 1 unspecified atom stereocenters. The van der Waals surface area contributed by atoms with Gasteiger partial charge in [-0.2, -0.15) is 0 Å². The normalized spacial score (nSPS) is 12.6. The number of benzene rings is 1. The monoisotopic (exact) mass is 276 g/mol. The highest BCUT2D eigenvalue weighted by Crippen LogP contribution is 2.33. The van der Waals surface area contributed by atoms with Gasteiger partial charge >= 0.3 is 0 Å². The molecule has 0 spiro atoms. The van der Waals surface area contributed by atoms with Gasteiger partial charge in [0.15, 0.2) is 0 Å². The first kappa shape index (κ1) is 11.9. The molecule has 0 aromatic heterocycles. The number of ether oxygens (including phenoxy) is 1. The van der Waals surface area contributed by atoms with E-state index in [-0.39, 0.29) is 5.38 Å². The third kappa shape index (κ3) is 2.89. The predicted octanol–water partition coefficient (Wildman–Crippen LogP) is 4.54. The first-order valence-electron chi connectivity index (χ1n) is 4.66. The molecule has 0 heterocycles. The lowest BCUT2D eigenvalue weighted by molar-refractivity contribution is 0.414. The van der Waals surface area contributed by atoms with E-state index in [1.807, 2.05) is 18.2 Å². The van der Waals surface area contributed by atoms with Crippen LogP contribution in [0.1, 0.15) is 30.7 Å². The Kier molecular flexibility index (Phi) is 4.76. The number of rotatable bonds is 4. The standard InChI is InChI=1S/C11H14BrClO/c1-3-4-11(13)9-6-5-8(14-2)7-10(9)12/h5-7,11H,3-4H2,1-2H3. The van der Waals surface area contributed by atoms with Crippen molar-refractivity contribution in [2.75, 3.05) is 7.11 Å². The van der Waals surface area contributed by atoms with Crippen molar-refractivity contribution in [3.63, 3.8) is 0 Å². The summed E-state index contributed by atoms with van der Waals surface area (Å²) in [6.07, 6.45) is 2.08. The minimum Gasteiger partial charge on any atom is -0.497 e. The van der Waals surface area contributed by atoms with Gasteiger partial charge in [0.05, 0.1) is 12.5 Å². The second kappa shape index (κ2) is 5.62. The molecule has 78 valence electrons. The highest BCUT2D eigenvalue weighted by atomic mass is 79.9. The topological polar surface area (TPSA) is 9.23 Å². The Hall–Kier alpha value is -0.210. The van der Waals surface area contributed by atoms with Gasteiger partial charge in [0.1, 0.15) is 5.75 Å². The molecule has 0 aliphatic heterocycles. The maximum Gasteiger partial charge on any atom is 0.120 e. The minimum atomic E-state index is 0.0836. The molecule has 0 aliphatic carbocycles. The Morgan fingerprint density at radius 2 is 2.21 bits per heavy atom. The molecule has 0 amide bonds. The van der Waals surface area contributed by atoms with Gasteiger partial charge in [0.25, 0.3) is 0 Å². The van der Waals surface area contributed by atoms with Crippen molar-refractivity contribution in [3.05, 3.63) is 28.2 Å². The summed E-state index contributed by atoms with van der Waals surface area (Å²) in [7, 11) is 1.66. The van der Waals surface area contributed by atoms with Gasteiger partial charge in [-0.15, -0.1) is 11.6 Å². The summed E-state index contributed by atoms with van der Waals surface area (Å²) in [6.45, 7) is 2.13. The molecule has 0 aliphatic rings. The number of alkyl halides is 1. The molecule has 1 rings (SSSR count). The average molecular weight is 278 g/mol. The van der Waals surface area contributed by atoms with E-state index in [1.54, 1.807) is 7.11 Å². The highest BCUT2D eigenvalue weighted by Gasteiger charge is 2.10. The van der Waals surface area contributed by atoms with E-state index in [0.717, 1.165) is 28.6 Å². The van der Waals surface area contributed by atoms with Gasteiger partial charge in [0.2, 0.25) is 0 Å². The molecule has 1 atom stereocenters. The maximum absolute atomic E-state index is 6.24. The molecule has 0 saturated heterocycles. The van der Waals surface area contributed by atoms with Crippen LogP contribution in [0.2, 0.25) is 0 Å². The molecular weight excluding hydrogens is 263 g/mol. The average Bonchev–Trinajstić information content (AvgIpc) is 2.17. The summed E-state index contributed by atoms with van der Waals surface area (Å²) < 4.78 is 6.14. The largest absolute Gasteiger partial charge is 0.497 e. The van der Waals surface area contributed by atoms with Crippen LogP contribution in [0.5, 0.6) is 5.75 Å². The first-order valence-corrected chi connectivity index (χ1v) is 5.89. The Morgan fingerprint density at radius 1 is 1.50 bits per heavy atom. The Labute approximate surface area is 98.5 Å². The fourth-order valence-electron chi connectivity index (χ4n) is 1.30. The quantitative estimate of drug-likeness (QED) is 0.734. The summed E-state index contributed by atoms with van der Waals surface area (Å²) in [5.41, 5.74) is 1.13. The molecule has 0 bridgehead atoms. The number of hydrogen-bond acceptors (Lipinski definition) is 1. The molecule has 0 N–H and O–H groups in total. The van der Waals surface area contributed by atoms with Gasteiger partial charge in [-0.1, -0.05) is 35.3 Å². The van der Waals surface area contributed by atoms with Crippen LogP contribution >= 0.6 is 27.5 Å². The van der Waals surface area contributed by atoms with E-state index in [4.69, 9.17) is 16.3 Å². The maximum atomic E-state index is 6.24. The van der Waals surface area contributed by atoms with Crippen molar-refractivity contribution < 1.29 is 4.74 Å².